The van der Waals surface area contributed by atoms with E-state index >= 15 is 0 Å². The average Bonchev–Trinajstić information content (AvgIpc) is 2.36. The van der Waals surface area contributed by atoms with E-state index in [0.717, 1.165) is 11.1 Å². The highest BCUT2D eigenvalue weighted by Gasteiger charge is 2.08. The normalized spacial score (nSPS) is 12.3. The van der Waals surface area contributed by atoms with Gasteiger partial charge in [-0.15, -0.1) is 0 Å². The molecule has 2 aromatic carbocycles. The predicted octanol–water partition coefficient (Wildman–Crippen LogP) is 5.11. The molecule has 2 nitrogen and oxygen atoms in total. The van der Waals surface area contributed by atoms with Gasteiger partial charge in [0, 0.05) is 11.1 Å². The molecule has 0 aliphatic heterocycles. The lowest BCUT2D eigenvalue weighted by molar-refractivity contribution is 0.479. The second kappa shape index (κ2) is 5.83. The lowest BCUT2D eigenvalue weighted by Gasteiger charge is -2.12. The number of nitrogens with two attached hydrogens (primary N) is 1. The van der Waals surface area contributed by atoms with Crippen LogP contribution < -0.4 is 10.5 Å². The zero-order valence-corrected chi connectivity index (χ0v) is 12.3. The molecule has 1 atom stereocenters. The van der Waals surface area contributed by atoms with Gasteiger partial charge >= 0.3 is 0 Å². The van der Waals surface area contributed by atoms with Crippen LogP contribution in [0.3, 0.4) is 0 Å². The number of hydrogen-bond donors (Lipinski definition) is 1. The van der Waals surface area contributed by atoms with Gasteiger partial charge in [-0.3, -0.25) is 0 Å². The number of halogens is 2. The maximum atomic E-state index is 6.20. The molecule has 0 amide bonds. The second-order valence-electron chi connectivity index (χ2n) is 4.49. The van der Waals surface area contributed by atoms with Crippen LogP contribution in [-0.4, -0.2) is 0 Å². The van der Waals surface area contributed by atoms with Gasteiger partial charge < -0.3 is 10.5 Å². The SMILES string of the molecule is Cc1ccc(Cl)cc1Oc1ccc([C@@H](C)N)cc1Cl. The van der Waals surface area contributed by atoms with Crippen molar-refractivity contribution in [3.63, 3.8) is 0 Å². The van der Waals surface area contributed by atoms with Crippen LogP contribution in [0.25, 0.3) is 0 Å². The minimum atomic E-state index is -0.0561. The first-order valence-electron chi connectivity index (χ1n) is 5.96. The van der Waals surface area contributed by atoms with Crippen LogP contribution in [0.4, 0.5) is 0 Å². The van der Waals surface area contributed by atoms with E-state index in [1.54, 1.807) is 6.07 Å². The summed E-state index contributed by atoms with van der Waals surface area (Å²) in [5, 5.41) is 1.16. The Morgan fingerprint density at radius 3 is 2.42 bits per heavy atom. The van der Waals surface area contributed by atoms with Gasteiger partial charge in [0.05, 0.1) is 5.02 Å². The fourth-order valence-electron chi connectivity index (χ4n) is 1.69. The van der Waals surface area contributed by atoms with Crippen molar-refractivity contribution >= 4 is 23.2 Å². The number of hydrogen-bond acceptors (Lipinski definition) is 2. The lowest BCUT2D eigenvalue weighted by atomic mass is 10.1. The lowest BCUT2D eigenvalue weighted by Crippen LogP contribution is -2.04. The summed E-state index contributed by atoms with van der Waals surface area (Å²) in [5.41, 5.74) is 7.78. The molecule has 0 bridgehead atoms. The van der Waals surface area contributed by atoms with Gasteiger partial charge in [0.1, 0.15) is 11.5 Å². The van der Waals surface area contributed by atoms with Crippen molar-refractivity contribution < 1.29 is 4.74 Å². The van der Waals surface area contributed by atoms with Crippen molar-refractivity contribution in [3.8, 4) is 11.5 Å². The number of rotatable bonds is 3. The van der Waals surface area contributed by atoms with E-state index in [1.165, 1.54) is 0 Å². The molecule has 2 N–H and O–H groups in total. The van der Waals surface area contributed by atoms with Crippen LogP contribution >= 0.6 is 23.2 Å². The zero-order chi connectivity index (χ0) is 14.0. The van der Waals surface area contributed by atoms with E-state index in [-0.39, 0.29) is 6.04 Å². The van der Waals surface area contributed by atoms with Crippen molar-refractivity contribution in [1.29, 1.82) is 0 Å². The van der Waals surface area contributed by atoms with Crippen molar-refractivity contribution in [2.45, 2.75) is 19.9 Å². The number of benzene rings is 2. The third-order valence-electron chi connectivity index (χ3n) is 2.85. The maximum absolute atomic E-state index is 6.20. The van der Waals surface area contributed by atoms with Crippen LogP contribution in [0, 0.1) is 6.92 Å². The van der Waals surface area contributed by atoms with Gasteiger partial charge in [-0.2, -0.15) is 0 Å². The molecule has 0 aromatic heterocycles. The topological polar surface area (TPSA) is 35.2 Å². The van der Waals surface area contributed by atoms with E-state index in [1.807, 2.05) is 44.2 Å². The quantitative estimate of drug-likeness (QED) is 0.853. The molecule has 100 valence electrons. The molecule has 0 spiro atoms. The van der Waals surface area contributed by atoms with E-state index < -0.39 is 0 Å². The summed E-state index contributed by atoms with van der Waals surface area (Å²) in [7, 11) is 0. The summed E-state index contributed by atoms with van der Waals surface area (Å²) in [4.78, 5) is 0. The standard InChI is InChI=1S/C15H15Cl2NO/c1-9-3-5-12(16)8-15(9)19-14-6-4-11(10(2)18)7-13(14)17/h3-8,10H,18H2,1-2H3/t10-/m1/s1. The smallest absolute Gasteiger partial charge is 0.146 e. The highest BCUT2D eigenvalue weighted by Crippen LogP contribution is 2.33. The highest BCUT2D eigenvalue weighted by molar-refractivity contribution is 6.32. The Morgan fingerprint density at radius 2 is 1.79 bits per heavy atom. The molecular weight excluding hydrogens is 281 g/mol. The summed E-state index contributed by atoms with van der Waals surface area (Å²) in [6.07, 6.45) is 0. The van der Waals surface area contributed by atoms with Crippen molar-refractivity contribution in [1.82, 2.24) is 0 Å². The molecule has 0 heterocycles. The molecule has 2 aromatic rings. The number of ether oxygens (including phenoxy) is 1. The van der Waals surface area contributed by atoms with Gasteiger partial charge in [0.25, 0.3) is 0 Å². The third kappa shape index (κ3) is 3.41. The van der Waals surface area contributed by atoms with E-state index in [2.05, 4.69) is 0 Å². The van der Waals surface area contributed by atoms with Crippen LogP contribution in [-0.2, 0) is 0 Å². The molecule has 0 radical (unpaired) electrons. The van der Waals surface area contributed by atoms with Gasteiger partial charge in [-0.25, -0.2) is 0 Å². The first kappa shape index (κ1) is 14.2. The van der Waals surface area contributed by atoms with Crippen LogP contribution in [0.2, 0.25) is 10.0 Å². The fourth-order valence-corrected chi connectivity index (χ4v) is 2.08. The summed E-state index contributed by atoms with van der Waals surface area (Å²) in [5.74, 6) is 1.29. The van der Waals surface area contributed by atoms with Gasteiger partial charge in [0.15, 0.2) is 0 Å². The van der Waals surface area contributed by atoms with Gasteiger partial charge in [-0.05, 0) is 49.2 Å². The molecular formula is C15H15Cl2NO. The Hall–Kier alpha value is -1.22. The van der Waals surface area contributed by atoms with E-state index in [9.17, 15) is 0 Å². The van der Waals surface area contributed by atoms with Gasteiger partial charge in [-0.1, -0.05) is 35.3 Å². The highest BCUT2D eigenvalue weighted by atomic mass is 35.5. The Morgan fingerprint density at radius 1 is 1.05 bits per heavy atom. The molecule has 0 aliphatic carbocycles. The first-order valence-corrected chi connectivity index (χ1v) is 6.72. The predicted molar refractivity (Wildman–Crippen MR) is 80.3 cm³/mol. The molecule has 19 heavy (non-hydrogen) atoms. The van der Waals surface area contributed by atoms with Gasteiger partial charge in [0.2, 0.25) is 0 Å². The van der Waals surface area contributed by atoms with Crippen molar-refractivity contribution in [2.75, 3.05) is 0 Å². The molecule has 0 saturated heterocycles. The van der Waals surface area contributed by atoms with Crippen LogP contribution in [0.5, 0.6) is 11.5 Å². The molecule has 0 unspecified atom stereocenters. The third-order valence-corrected chi connectivity index (χ3v) is 3.38. The zero-order valence-electron chi connectivity index (χ0n) is 10.8. The first-order chi connectivity index (χ1) is 8.97. The summed E-state index contributed by atoms with van der Waals surface area (Å²) < 4.78 is 5.80. The molecule has 0 fully saturated rings. The largest absolute Gasteiger partial charge is 0.455 e. The van der Waals surface area contributed by atoms with Crippen LogP contribution in [0.15, 0.2) is 36.4 Å². The Bertz CT molecular complexity index is 597. The summed E-state index contributed by atoms with van der Waals surface area (Å²) in [6, 6.07) is 11.0. The van der Waals surface area contributed by atoms with E-state index in [4.69, 9.17) is 33.7 Å². The summed E-state index contributed by atoms with van der Waals surface area (Å²) >= 11 is 12.2. The van der Waals surface area contributed by atoms with E-state index in [0.29, 0.717) is 21.5 Å². The molecule has 0 saturated carbocycles. The monoisotopic (exact) mass is 295 g/mol. The second-order valence-corrected chi connectivity index (χ2v) is 5.33. The van der Waals surface area contributed by atoms with Crippen LogP contribution in [0.1, 0.15) is 24.1 Å². The summed E-state index contributed by atoms with van der Waals surface area (Å²) in [6.45, 7) is 3.86. The molecule has 0 aliphatic rings. The Balaban J connectivity index is 2.31. The minimum absolute atomic E-state index is 0.0561. The fraction of sp³-hybridized carbons (Fsp3) is 0.200. The van der Waals surface area contributed by atoms with Crippen molar-refractivity contribution in [2.24, 2.45) is 5.73 Å². The average molecular weight is 296 g/mol. The Kier molecular flexibility index (Phi) is 4.35. The number of aryl methyl sites for hydroxylation is 1. The molecule has 2 rings (SSSR count). The van der Waals surface area contributed by atoms with Crippen molar-refractivity contribution in [3.05, 3.63) is 57.6 Å². The molecule has 4 heteroatoms. The minimum Gasteiger partial charge on any atom is -0.455 e. The Labute approximate surface area is 123 Å². The maximum Gasteiger partial charge on any atom is 0.146 e.